The maximum absolute atomic E-state index is 10.3. The molecule has 0 bridgehead atoms. The van der Waals surface area contributed by atoms with Gasteiger partial charge < -0.3 is 9.52 Å². The molecule has 1 N–H and O–H groups in total. The Hall–Kier alpha value is -0.520. The van der Waals surface area contributed by atoms with E-state index < -0.39 is 5.97 Å². The zero-order valence-corrected chi connectivity index (χ0v) is 7.38. The van der Waals surface area contributed by atoms with Gasteiger partial charge >= 0.3 is 5.97 Å². The molecule has 10 heavy (non-hydrogen) atoms. The van der Waals surface area contributed by atoms with Gasteiger partial charge in [0.1, 0.15) is 5.76 Å². The van der Waals surface area contributed by atoms with Gasteiger partial charge in [-0.15, -0.1) is 0 Å². The highest BCUT2D eigenvalue weighted by Crippen LogP contribution is 2.16. The third-order valence-corrected chi connectivity index (χ3v) is 1.81. The molecular weight excluding hydrogens is 247 g/mol. The lowest BCUT2D eigenvalue weighted by molar-refractivity contribution is 0.0659. The van der Waals surface area contributed by atoms with Gasteiger partial charge in [-0.05, 0) is 35.6 Å². The summed E-state index contributed by atoms with van der Waals surface area (Å²) in [4.78, 5) is 10.3. The Morgan fingerprint density at radius 1 is 1.80 bits per heavy atom. The average molecular weight is 252 g/mol. The Balaban J connectivity index is 3.15. The van der Waals surface area contributed by atoms with Gasteiger partial charge in [-0.1, -0.05) is 0 Å². The average Bonchev–Trinajstić information content (AvgIpc) is 2.10. The largest absolute Gasteiger partial charge is 0.475 e. The molecule has 4 heteroatoms. The number of furan rings is 1. The topological polar surface area (TPSA) is 50.4 Å². The molecule has 0 unspecified atom stereocenters. The molecule has 0 saturated carbocycles. The van der Waals surface area contributed by atoms with Crippen LogP contribution in [0.3, 0.4) is 0 Å². The first-order chi connectivity index (χ1) is 4.61. The minimum Gasteiger partial charge on any atom is -0.475 e. The number of carboxylic acid groups (broad SMARTS) is 1. The first-order valence-electron chi connectivity index (χ1n) is 2.60. The lowest BCUT2D eigenvalue weighted by Gasteiger charge is -1.85. The van der Waals surface area contributed by atoms with Gasteiger partial charge in [0, 0.05) is 0 Å². The van der Waals surface area contributed by atoms with E-state index in [1.54, 1.807) is 13.0 Å². The van der Waals surface area contributed by atoms with Crippen molar-refractivity contribution in [3.05, 3.63) is 21.2 Å². The third kappa shape index (κ3) is 1.31. The first-order valence-corrected chi connectivity index (χ1v) is 3.68. The molecule has 0 fully saturated rings. The molecule has 0 aromatic carbocycles. The summed E-state index contributed by atoms with van der Waals surface area (Å²) in [6.07, 6.45) is 0. The quantitative estimate of drug-likeness (QED) is 0.776. The number of aryl methyl sites for hydroxylation is 1. The van der Waals surface area contributed by atoms with Crippen molar-refractivity contribution in [3.63, 3.8) is 0 Å². The number of rotatable bonds is 1. The van der Waals surface area contributed by atoms with E-state index in [0.29, 0.717) is 9.33 Å². The van der Waals surface area contributed by atoms with E-state index in [1.807, 2.05) is 22.6 Å². The summed E-state index contributed by atoms with van der Waals surface area (Å²) >= 11 is 1.92. The van der Waals surface area contributed by atoms with Crippen LogP contribution >= 0.6 is 22.6 Å². The van der Waals surface area contributed by atoms with Crippen molar-refractivity contribution < 1.29 is 14.3 Å². The lowest BCUT2D eigenvalue weighted by atomic mass is 10.4. The molecule has 0 aliphatic rings. The predicted octanol–water partition coefficient (Wildman–Crippen LogP) is 1.89. The maximum Gasteiger partial charge on any atom is 0.372 e. The summed E-state index contributed by atoms with van der Waals surface area (Å²) in [7, 11) is 0. The summed E-state index contributed by atoms with van der Waals surface area (Å²) < 4.78 is 5.51. The highest BCUT2D eigenvalue weighted by atomic mass is 127. The molecule has 0 saturated heterocycles. The van der Waals surface area contributed by atoms with Crippen LogP contribution in [-0.2, 0) is 0 Å². The Labute approximate surface area is 71.2 Å². The SMILES string of the molecule is Cc1cc(I)c(C(=O)O)o1. The highest BCUT2D eigenvalue weighted by Gasteiger charge is 2.12. The Kier molecular flexibility index (Phi) is 1.98. The van der Waals surface area contributed by atoms with E-state index in [2.05, 4.69) is 0 Å². The molecule has 1 rings (SSSR count). The number of hydrogen-bond donors (Lipinski definition) is 1. The first kappa shape index (κ1) is 7.59. The smallest absolute Gasteiger partial charge is 0.372 e. The van der Waals surface area contributed by atoms with Gasteiger partial charge in [-0.3, -0.25) is 0 Å². The van der Waals surface area contributed by atoms with E-state index in [1.165, 1.54) is 0 Å². The van der Waals surface area contributed by atoms with Gasteiger partial charge in [-0.25, -0.2) is 4.79 Å². The molecular formula is C6H5IO3. The molecule has 0 amide bonds. The van der Waals surface area contributed by atoms with Crippen molar-refractivity contribution in [1.82, 2.24) is 0 Å². The van der Waals surface area contributed by atoms with Gasteiger partial charge in [0.15, 0.2) is 0 Å². The maximum atomic E-state index is 10.3. The van der Waals surface area contributed by atoms with E-state index >= 15 is 0 Å². The van der Waals surface area contributed by atoms with Crippen molar-refractivity contribution >= 4 is 28.6 Å². The van der Waals surface area contributed by atoms with Crippen LogP contribution in [0.4, 0.5) is 0 Å². The molecule has 3 nitrogen and oxygen atoms in total. The van der Waals surface area contributed by atoms with Crippen LogP contribution in [0.5, 0.6) is 0 Å². The van der Waals surface area contributed by atoms with Gasteiger partial charge in [0.25, 0.3) is 0 Å². The van der Waals surface area contributed by atoms with Crippen molar-refractivity contribution in [2.75, 3.05) is 0 Å². The molecule has 1 aromatic heterocycles. The fourth-order valence-corrected chi connectivity index (χ4v) is 1.41. The molecule has 0 spiro atoms. The number of carbonyl (C=O) groups is 1. The van der Waals surface area contributed by atoms with Crippen LogP contribution in [0, 0.1) is 10.5 Å². The second-order valence-electron chi connectivity index (χ2n) is 1.84. The van der Waals surface area contributed by atoms with Gasteiger partial charge in [0.05, 0.1) is 3.57 Å². The van der Waals surface area contributed by atoms with Crippen LogP contribution in [0.1, 0.15) is 16.3 Å². The number of carboxylic acids is 1. The standard InChI is InChI=1S/C6H5IO3/c1-3-2-4(7)5(10-3)6(8)9/h2H,1H3,(H,8,9). The van der Waals surface area contributed by atoms with Crippen LogP contribution < -0.4 is 0 Å². The van der Waals surface area contributed by atoms with E-state index in [9.17, 15) is 4.79 Å². The van der Waals surface area contributed by atoms with Crippen molar-refractivity contribution in [1.29, 1.82) is 0 Å². The van der Waals surface area contributed by atoms with Crippen LogP contribution in [0.2, 0.25) is 0 Å². The van der Waals surface area contributed by atoms with Crippen LogP contribution in [0.25, 0.3) is 0 Å². The minimum absolute atomic E-state index is 0.0260. The van der Waals surface area contributed by atoms with E-state index in [-0.39, 0.29) is 5.76 Å². The van der Waals surface area contributed by atoms with Crippen molar-refractivity contribution in [3.8, 4) is 0 Å². The lowest BCUT2D eigenvalue weighted by Crippen LogP contribution is -1.94. The van der Waals surface area contributed by atoms with Crippen molar-refractivity contribution in [2.24, 2.45) is 0 Å². The fraction of sp³-hybridized carbons (Fsp3) is 0.167. The van der Waals surface area contributed by atoms with Crippen molar-refractivity contribution in [2.45, 2.75) is 6.92 Å². The molecule has 0 atom stereocenters. The third-order valence-electron chi connectivity index (χ3n) is 1.00. The van der Waals surface area contributed by atoms with E-state index in [0.717, 1.165) is 0 Å². The monoisotopic (exact) mass is 252 g/mol. The van der Waals surface area contributed by atoms with Gasteiger partial charge in [-0.2, -0.15) is 0 Å². The second-order valence-corrected chi connectivity index (χ2v) is 3.00. The molecule has 1 aromatic rings. The number of halogens is 1. The Morgan fingerprint density at radius 3 is 2.60 bits per heavy atom. The molecule has 54 valence electrons. The Morgan fingerprint density at radius 2 is 2.40 bits per heavy atom. The zero-order chi connectivity index (χ0) is 7.72. The second kappa shape index (κ2) is 2.61. The van der Waals surface area contributed by atoms with Crippen LogP contribution in [0.15, 0.2) is 10.5 Å². The predicted molar refractivity (Wildman–Crippen MR) is 43.1 cm³/mol. The summed E-state index contributed by atoms with van der Waals surface area (Å²) in [6, 6.07) is 1.68. The summed E-state index contributed by atoms with van der Waals surface area (Å²) in [5.74, 6) is -0.364. The highest BCUT2D eigenvalue weighted by molar-refractivity contribution is 14.1. The number of aromatic carboxylic acids is 1. The summed E-state index contributed by atoms with van der Waals surface area (Å²) in [6.45, 7) is 1.72. The molecule has 0 aliphatic heterocycles. The number of hydrogen-bond acceptors (Lipinski definition) is 2. The summed E-state index contributed by atoms with van der Waals surface area (Å²) in [5.41, 5.74) is 0. The normalized spacial score (nSPS) is 9.80. The van der Waals surface area contributed by atoms with E-state index in [4.69, 9.17) is 9.52 Å². The molecule has 0 radical (unpaired) electrons. The zero-order valence-electron chi connectivity index (χ0n) is 5.22. The molecule has 0 aliphatic carbocycles. The summed E-state index contributed by atoms with van der Waals surface area (Å²) in [5, 5.41) is 8.48. The fourth-order valence-electron chi connectivity index (χ4n) is 0.629. The minimum atomic E-state index is -1.02. The van der Waals surface area contributed by atoms with Crippen LogP contribution in [-0.4, -0.2) is 11.1 Å². The molecule has 1 heterocycles. The van der Waals surface area contributed by atoms with Gasteiger partial charge in [0.2, 0.25) is 5.76 Å². The Bertz CT molecular complexity index is 264.